The highest BCUT2D eigenvalue weighted by atomic mass is 16.4. The van der Waals surface area contributed by atoms with Crippen molar-refractivity contribution in [1.29, 1.82) is 0 Å². The molecule has 0 saturated heterocycles. The minimum absolute atomic E-state index is 0.0834. The molecular formula is C13H17N3O4. The Kier molecular flexibility index (Phi) is 5.08. The second kappa shape index (κ2) is 6.55. The minimum Gasteiger partial charge on any atom is -0.478 e. The summed E-state index contributed by atoms with van der Waals surface area (Å²) in [5.74, 6) is -1.35. The summed E-state index contributed by atoms with van der Waals surface area (Å²) >= 11 is 0. The van der Waals surface area contributed by atoms with Crippen molar-refractivity contribution in [2.24, 2.45) is 0 Å². The van der Waals surface area contributed by atoms with Gasteiger partial charge in [-0.05, 0) is 24.6 Å². The fraction of sp³-hybridized carbons (Fsp3) is 0.308. The predicted octanol–water partition coefficient (Wildman–Crippen LogP) is 0.903. The molecule has 1 aromatic rings. The topological polar surface area (TPSA) is 98.7 Å². The Balaban J connectivity index is 2.78. The first kappa shape index (κ1) is 15.5. The number of anilines is 1. The molecule has 0 radical (unpaired) electrons. The van der Waals surface area contributed by atoms with E-state index in [9.17, 15) is 14.4 Å². The predicted molar refractivity (Wildman–Crippen MR) is 73.9 cm³/mol. The number of carboxylic acids is 1. The molecule has 108 valence electrons. The highest BCUT2D eigenvalue weighted by Gasteiger charge is 2.13. The molecule has 0 bridgehead atoms. The van der Waals surface area contributed by atoms with Gasteiger partial charge in [0.15, 0.2) is 0 Å². The zero-order chi connectivity index (χ0) is 15.3. The molecule has 1 rings (SSSR count). The van der Waals surface area contributed by atoms with Crippen LogP contribution in [0.25, 0.3) is 0 Å². The van der Waals surface area contributed by atoms with Crippen molar-refractivity contribution < 1.29 is 19.5 Å². The zero-order valence-corrected chi connectivity index (χ0v) is 11.6. The van der Waals surface area contributed by atoms with Crippen LogP contribution in [0.5, 0.6) is 0 Å². The summed E-state index contributed by atoms with van der Waals surface area (Å²) in [6.07, 6.45) is 0. The van der Waals surface area contributed by atoms with Crippen molar-refractivity contribution in [3.05, 3.63) is 29.3 Å². The number of carbonyl (C=O) groups excluding carboxylic acids is 2. The van der Waals surface area contributed by atoms with Crippen LogP contribution in [-0.2, 0) is 4.79 Å². The molecule has 0 aliphatic carbocycles. The van der Waals surface area contributed by atoms with Gasteiger partial charge < -0.3 is 20.6 Å². The molecule has 7 nitrogen and oxygen atoms in total. The molecule has 0 spiro atoms. The van der Waals surface area contributed by atoms with Gasteiger partial charge in [0.25, 0.3) is 0 Å². The summed E-state index contributed by atoms with van der Waals surface area (Å²) < 4.78 is 0. The lowest BCUT2D eigenvalue weighted by Gasteiger charge is -2.17. The Morgan fingerprint density at radius 3 is 2.50 bits per heavy atom. The van der Waals surface area contributed by atoms with Gasteiger partial charge in [0.05, 0.1) is 5.56 Å². The Labute approximate surface area is 116 Å². The highest BCUT2D eigenvalue weighted by molar-refractivity contribution is 5.95. The number of rotatable bonds is 4. The van der Waals surface area contributed by atoms with Gasteiger partial charge >= 0.3 is 12.0 Å². The lowest BCUT2D eigenvalue weighted by atomic mass is 10.1. The Hall–Kier alpha value is -2.57. The van der Waals surface area contributed by atoms with E-state index < -0.39 is 12.0 Å². The number of urea groups is 1. The van der Waals surface area contributed by atoms with E-state index in [1.807, 2.05) is 0 Å². The van der Waals surface area contributed by atoms with Crippen molar-refractivity contribution in [3.8, 4) is 0 Å². The molecule has 20 heavy (non-hydrogen) atoms. The average Bonchev–Trinajstić information content (AvgIpc) is 2.40. The van der Waals surface area contributed by atoms with E-state index in [-0.39, 0.29) is 18.0 Å². The summed E-state index contributed by atoms with van der Waals surface area (Å²) in [6, 6.07) is 4.10. The third-order valence-corrected chi connectivity index (χ3v) is 2.73. The maximum atomic E-state index is 11.8. The highest BCUT2D eigenvalue weighted by Crippen LogP contribution is 2.15. The molecule has 3 amide bonds. The molecule has 0 aliphatic rings. The zero-order valence-electron chi connectivity index (χ0n) is 11.6. The van der Waals surface area contributed by atoms with Crippen LogP contribution in [0.2, 0.25) is 0 Å². The number of aromatic carboxylic acids is 1. The third kappa shape index (κ3) is 3.98. The van der Waals surface area contributed by atoms with Crippen LogP contribution < -0.4 is 10.6 Å². The van der Waals surface area contributed by atoms with Crippen molar-refractivity contribution in [3.63, 3.8) is 0 Å². The van der Waals surface area contributed by atoms with E-state index in [0.29, 0.717) is 11.3 Å². The number of nitrogens with one attached hydrogen (secondary N) is 2. The van der Waals surface area contributed by atoms with E-state index in [4.69, 9.17) is 5.11 Å². The van der Waals surface area contributed by atoms with Gasteiger partial charge in [0, 0.05) is 19.8 Å². The van der Waals surface area contributed by atoms with Crippen LogP contribution in [0.4, 0.5) is 10.5 Å². The van der Waals surface area contributed by atoms with E-state index in [1.165, 1.54) is 25.1 Å². The maximum absolute atomic E-state index is 11.8. The molecule has 0 fully saturated rings. The van der Waals surface area contributed by atoms with Crippen molar-refractivity contribution >= 4 is 23.6 Å². The number of likely N-dealkylation sites (N-methyl/N-ethyl adjacent to an activating group) is 2. The molecule has 0 atom stereocenters. The lowest BCUT2D eigenvalue weighted by Crippen LogP contribution is -2.39. The van der Waals surface area contributed by atoms with Gasteiger partial charge in [-0.15, -0.1) is 0 Å². The first-order valence-electron chi connectivity index (χ1n) is 5.91. The Bertz CT molecular complexity index is 542. The monoisotopic (exact) mass is 279 g/mol. The summed E-state index contributed by atoms with van der Waals surface area (Å²) in [5.41, 5.74) is 1.09. The average molecular weight is 279 g/mol. The van der Waals surface area contributed by atoms with Crippen molar-refractivity contribution in [1.82, 2.24) is 10.2 Å². The first-order chi connectivity index (χ1) is 9.35. The quantitative estimate of drug-likeness (QED) is 0.762. The fourth-order valence-electron chi connectivity index (χ4n) is 1.52. The number of nitrogens with zero attached hydrogens (tertiary/aromatic N) is 1. The molecule has 3 N–H and O–H groups in total. The molecule has 1 aromatic carbocycles. The fourth-order valence-corrected chi connectivity index (χ4v) is 1.52. The number of aryl methyl sites for hydroxylation is 1. The lowest BCUT2D eigenvalue weighted by molar-refractivity contribution is -0.120. The van der Waals surface area contributed by atoms with Gasteiger partial charge in [0.2, 0.25) is 5.91 Å². The van der Waals surface area contributed by atoms with Gasteiger partial charge in [-0.1, -0.05) is 6.07 Å². The van der Waals surface area contributed by atoms with Gasteiger partial charge in [-0.2, -0.15) is 0 Å². The first-order valence-corrected chi connectivity index (χ1v) is 5.91. The van der Waals surface area contributed by atoms with E-state index >= 15 is 0 Å². The largest absolute Gasteiger partial charge is 0.478 e. The number of carboxylic acid groups (broad SMARTS) is 1. The van der Waals surface area contributed by atoms with Crippen LogP contribution in [0, 0.1) is 6.92 Å². The summed E-state index contributed by atoms with van der Waals surface area (Å²) in [4.78, 5) is 35.2. The van der Waals surface area contributed by atoms with Gasteiger partial charge in [0.1, 0.15) is 6.54 Å². The number of amides is 3. The van der Waals surface area contributed by atoms with Crippen molar-refractivity contribution in [2.45, 2.75) is 6.92 Å². The van der Waals surface area contributed by atoms with Gasteiger partial charge in [-0.3, -0.25) is 4.79 Å². The molecule has 0 unspecified atom stereocenters. The maximum Gasteiger partial charge on any atom is 0.336 e. The van der Waals surface area contributed by atoms with Crippen LogP contribution >= 0.6 is 0 Å². The molecular weight excluding hydrogens is 262 g/mol. The summed E-state index contributed by atoms with van der Waals surface area (Å²) in [7, 11) is 2.95. The third-order valence-electron chi connectivity index (χ3n) is 2.73. The van der Waals surface area contributed by atoms with Crippen LogP contribution in [0.15, 0.2) is 18.2 Å². The second-order valence-electron chi connectivity index (χ2n) is 4.29. The number of hydrogen-bond acceptors (Lipinski definition) is 3. The normalized spacial score (nSPS) is 9.75. The Morgan fingerprint density at radius 1 is 1.30 bits per heavy atom. The molecule has 0 heterocycles. The number of hydrogen-bond donors (Lipinski definition) is 3. The minimum atomic E-state index is -1.06. The van der Waals surface area contributed by atoms with Gasteiger partial charge in [-0.25, -0.2) is 9.59 Å². The SMILES string of the molecule is CNC(=O)CN(C)C(=O)Nc1ccc(C)c(C(=O)O)c1. The molecule has 0 aliphatic heterocycles. The smallest absolute Gasteiger partial charge is 0.336 e. The standard InChI is InChI=1S/C13H17N3O4/c1-8-4-5-9(6-10(8)12(18)19)15-13(20)16(3)7-11(17)14-2/h4-6H,7H2,1-3H3,(H,14,17)(H,15,20)(H,18,19). The molecule has 0 saturated carbocycles. The van der Waals surface area contributed by atoms with E-state index in [1.54, 1.807) is 19.1 Å². The number of benzene rings is 1. The second-order valence-corrected chi connectivity index (χ2v) is 4.29. The molecule has 0 aromatic heterocycles. The summed E-state index contributed by atoms with van der Waals surface area (Å²) in [6.45, 7) is 1.59. The number of carbonyl (C=O) groups is 3. The van der Waals surface area contributed by atoms with Crippen LogP contribution in [0.1, 0.15) is 15.9 Å². The van der Waals surface area contributed by atoms with E-state index in [2.05, 4.69) is 10.6 Å². The summed E-state index contributed by atoms with van der Waals surface area (Å²) in [5, 5.41) is 14.0. The van der Waals surface area contributed by atoms with Crippen LogP contribution in [-0.4, -0.2) is 48.6 Å². The van der Waals surface area contributed by atoms with Crippen molar-refractivity contribution in [2.75, 3.05) is 26.0 Å². The van der Waals surface area contributed by atoms with E-state index in [0.717, 1.165) is 0 Å². The Morgan fingerprint density at radius 2 is 1.95 bits per heavy atom. The van der Waals surface area contributed by atoms with Crippen LogP contribution in [0.3, 0.4) is 0 Å². The molecule has 7 heteroatoms.